The number of pyridine rings is 1. The average Bonchev–Trinajstić information content (AvgIpc) is 3.23. The summed E-state index contributed by atoms with van der Waals surface area (Å²) in [7, 11) is 0. The summed E-state index contributed by atoms with van der Waals surface area (Å²) in [6.45, 7) is 4.71. The smallest absolute Gasteiger partial charge is 0.0702 e. The quantitative estimate of drug-likeness (QED) is 0.268. The Morgan fingerprint density at radius 1 is 0.618 bits per heavy atom. The van der Waals surface area contributed by atoms with E-state index in [4.69, 9.17) is 0 Å². The lowest BCUT2D eigenvalue weighted by Crippen LogP contribution is -2.26. The molecule has 0 N–H and O–H groups in total. The Hall–Kier alpha value is -4.17. The third-order valence-electron chi connectivity index (χ3n) is 7.44. The van der Waals surface area contributed by atoms with Crippen molar-refractivity contribution in [1.29, 1.82) is 0 Å². The van der Waals surface area contributed by atoms with Gasteiger partial charge in [0.2, 0.25) is 0 Å². The number of para-hydroxylation sites is 2. The van der Waals surface area contributed by atoms with Crippen molar-refractivity contribution in [3.63, 3.8) is 0 Å². The second-order valence-electron chi connectivity index (χ2n) is 9.71. The summed E-state index contributed by atoms with van der Waals surface area (Å²) < 4.78 is 2.47. The Bertz CT molecular complexity index is 1720. The Kier molecular flexibility index (Phi) is 3.93. The molecule has 0 fully saturated rings. The van der Waals surface area contributed by atoms with Crippen molar-refractivity contribution < 1.29 is 0 Å². The second kappa shape index (κ2) is 6.91. The predicted octanol–water partition coefficient (Wildman–Crippen LogP) is 8.15. The van der Waals surface area contributed by atoms with Crippen molar-refractivity contribution >= 4 is 21.8 Å². The first-order valence-corrected chi connectivity index (χ1v) is 11.8. The monoisotopic (exact) mass is 436 g/mol. The highest BCUT2D eigenvalue weighted by Gasteiger charge is 2.35. The number of fused-ring (bicyclic) bond motifs is 5. The van der Waals surface area contributed by atoms with Gasteiger partial charge >= 0.3 is 0 Å². The number of benzene rings is 4. The summed E-state index contributed by atoms with van der Waals surface area (Å²) in [6.07, 6.45) is 1.85. The Balaban J connectivity index is 1.47. The molecule has 6 aromatic rings. The van der Waals surface area contributed by atoms with Gasteiger partial charge in [-0.1, -0.05) is 80.6 Å². The molecule has 162 valence electrons. The Morgan fingerprint density at radius 3 is 2.26 bits per heavy atom. The van der Waals surface area contributed by atoms with E-state index in [9.17, 15) is 0 Å². The van der Waals surface area contributed by atoms with Crippen LogP contribution in [-0.4, -0.2) is 9.55 Å². The van der Waals surface area contributed by atoms with E-state index in [1.165, 1.54) is 49.7 Å². The topological polar surface area (TPSA) is 17.8 Å². The molecule has 0 amide bonds. The van der Waals surface area contributed by atoms with E-state index in [-0.39, 0.29) is 5.41 Å². The molecule has 0 saturated heterocycles. The summed E-state index contributed by atoms with van der Waals surface area (Å²) in [6, 6.07) is 37.3. The van der Waals surface area contributed by atoms with Crippen molar-refractivity contribution in [3.05, 3.63) is 120 Å². The molecule has 2 nitrogen and oxygen atoms in total. The van der Waals surface area contributed by atoms with Crippen LogP contribution in [0.3, 0.4) is 0 Å². The molecule has 1 aliphatic heterocycles. The average molecular weight is 437 g/mol. The summed E-state index contributed by atoms with van der Waals surface area (Å²) in [5.41, 5.74) is 11.1. The van der Waals surface area contributed by atoms with Gasteiger partial charge in [-0.2, -0.15) is 0 Å². The molecular weight excluding hydrogens is 412 g/mol. The van der Waals surface area contributed by atoms with Crippen molar-refractivity contribution in [1.82, 2.24) is 9.55 Å². The number of nitrogens with zero attached hydrogens (tertiary/aromatic N) is 2. The van der Waals surface area contributed by atoms with Gasteiger partial charge in [-0.05, 0) is 58.7 Å². The van der Waals surface area contributed by atoms with E-state index in [0.29, 0.717) is 0 Å². The maximum atomic E-state index is 4.54. The zero-order chi connectivity index (χ0) is 22.9. The Labute approximate surface area is 199 Å². The Morgan fingerprint density at radius 2 is 1.38 bits per heavy atom. The lowest BCUT2D eigenvalue weighted by molar-refractivity contribution is 0.630. The number of hydrogen-bond donors (Lipinski definition) is 0. The first kappa shape index (κ1) is 19.3. The zero-order valence-corrected chi connectivity index (χ0v) is 19.3. The van der Waals surface area contributed by atoms with Gasteiger partial charge in [0.15, 0.2) is 0 Å². The predicted molar refractivity (Wildman–Crippen MR) is 142 cm³/mol. The SMILES string of the molecule is CC1(C)c2cc(-c3cccc(-c4ccccn4)c3)ccc2-n2c3ccccc3c3cccc1c32. The number of aromatic nitrogens is 2. The van der Waals surface area contributed by atoms with Gasteiger partial charge in [0.1, 0.15) is 0 Å². The van der Waals surface area contributed by atoms with Crippen LogP contribution in [-0.2, 0) is 5.41 Å². The van der Waals surface area contributed by atoms with Crippen LogP contribution in [0.15, 0.2) is 109 Å². The minimum Gasteiger partial charge on any atom is -0.309 e. The van der Waals surface area contributed by atoms with Crippen molar-refractivity contribution in [2.24, 2.45) is 0 Å². The summed E-state index contributed by atoms with van der Waals surface area (Å²) in [5, 5.41) is 2.65. The van der Waals surface area contributed by atoms with Gasteiger partial charge in [-0.15, -0.1) is 0 Å². The molecule has 0 spiro atoms. The largest absolute Gasteiger partial charge is 0.309 e. The third kappa shape index (κ3) is 2.60. The fourth-order valence-electron chi connectivity index (χ4n) is 5.72. The van der Waals surface area contributed by atoms with Crippen molar-refractivity contribution in [3.8, 4) is 28.1 Å². The van der Waals surface area contributed by atoms with Crippen LogP contribution >= 0.6 is 0 Å². The fourth-order valence-corrected chi connectivity index (χ4v) is 5.72. The molecular formula is C32H24N2. The number of hydrogen-bond acceptors (Lipinski definition) is 1. The maximum Gasteiger partial charge on any atom is 0.0702 e. The van der Waals surface area contributed by atoms with Crippen LogP contribution in [0.1, 0.15) is 25.0 Å². The minimum atomic E-state index is -0.103. The van der Waals surface area contributed by atoms with Crippen LogP contribution in [0.5, 0.6) is 0 Å². The number of rotatable bonds is 2. The molecule has 1 aliphatic rings. The molecule has 0 saturated carbocycles. The van der Waals surface area contributed by atoms with E-state index >= 15 is 0 Å². The van der Waals surface area contributed by atoms with E-state index in [1.54, 1.807) is 0 Å². The van der Waals surface area contributed by atoms with Gasteiger partial charge in [0, 0.05) is 27.9 Å². The van der Waals surface area contributed by atoms with Crippen molar-refractivity contribution in [2.45, 2.75) is 19.3 Å². The fraction of sp³-hybridized carbons (Fsp3) is 0.0938. The van der Waals surface area contributed by atoms with Crippen LogP contribution in [0.2, 0.25) is 0 Å². The molecule has 3 heterocycles. The molecule has 2 heteroatoms. The zero-order valence-electron chi connectivity index (χ0n) is 19.3. The molecule has 0 bridgehead atoms. The van der Waals surface area contributed by atoms with Gasteiger partial charge in [-0.3, -0.25) is 4.98 Å². The van der Waals surface area contributed by atoms with Gasteiger partial charge in [0.05, 0.1) is 22.4 Å². The van der Waals surface area contributed by atoms with E-state index in [1.807, 2.05) is 18.3 Å². The summed E-state index contributed by atoms with van der Waals surface area (Å²) in [5.74, 6) is 0. The third-order valence-corrected chi connectivity index (χ3v) is 7.44. The van der Waals surface area contributed by atoms with Crippen molar-refractivity contribution in [2.75, 3.05) is 0 Å². The van der Waals surface area contributed by atoms with Crippen LogP contribution in [0, 0.1) is 0 Å². The lowest BCUT2D eigenvalue weighted by atomic mass is 9.74. The lowest BCUT2D eigenvalue weighted by Gasteiger charge is -2.35. The van der Waals surface area contributed by atoms with Gasteiger partial charge in [-0.25, -0.2) is 0 Å². The highest BCUT2D eigenvalue weighted by Crippen LogP contribution is 2.48. The molecule has 0 atom stereocenters. The molecule has 34 heavy (non-hydrogen) atoms. The summed E-state index contributed by atoms with van der Waals surface area (Å²) >= 11 is 0. The van der Waals surface area contributed by atoms with Crippen LogP contribution in [0.4, 0.5) is 0 Å². The summed E-state index contributed by atoms with van der Waals surface area (Å²) in [4.78, 5) is 4.54. The molecule has 2 aromatic heterocycles. The van der Waals surface area contributed by atoms with Gasteiger partial charge in [0.25, 0.3) is 0 Å². The molecule has 4 aromatic carbocycles. The van der Waals surface area contributed by atoms with E-state index < -0.39 is 0 Å². The van der Waals surface area contributed by atoms with E-state index in [2.05, 4.69) is 114 Å². The van der Waals surface area contributed by atoms with Crippen LogP contribution < -0.4 is 0 Å². The minimum absolute atomic E-state index is 0.103. The molecule has 0 aliphatic carbocycles. The normalized spacial score (nSPS) is 13.8. The second-order valence-corrected chi connectivity index (χ2v) is 9.71. The molecule has 0 unspecified atom stereocenters. The highest BCUT2D eigenvalue weighted by atomic mass is 15.0. The maximum absolute atomic E-state index is 4.54. The standard InChI is InChI=1S/C32H24N2/c1-32(2)26-13-8-12-25-24-11-3-4-15-29(24)34(31(25)26)30-17-16-22(20-27(30)32)21-9-7-10-23(19-21)28-14-5-6-18-33-28/h3-20H,1-2H3. The van der Waals surface area contributed by atoms with Gasteiger partial charge < -0.3 is 4.57 Å². The van der Waals surface area contributed by atoms with E-state index in [0.717, 1.165) is 11.3 Å². The van der Waals surface area contributed by atoms with Crippen LogP contribution in [0.25, 0.3) is 49.9 Å². The molecule has 0 radical (unpaired) electrons. The molecule has 7 rings (SSSR count). The first-order valence-electron chi connectivity index (χ1n) is 11.8. The first-order chi connectivity index (χ1) is 16.6. The highest BCUT2D eigenvalue weighted by molar-refractivity contribution is 6.11.